The van der Waals surface area contributed by atoms with Crippen LogP contribution in [0.3, 0.4) is 0 Å². The Labute approximate surface area is 142 Å². The van der Waals surface area contributed by atoms with Gasteiger partial charge in [0.1, 0.15) is 0 Å². The lowest BCUT2D eigenvalue weighted by Gasteiger charge is -2.32. The van der Waals surface area contributed by atoms with Crippen LogP contribution in [-0.2, 0) is 5.41 Å². The quantitative estimate of drug-likeness (QED) is 0.484. The highest BCUT2D eigenvalue weighted by Gasteiger charge is 2.32. The van der Waals surface area contributed by atoms with E-state index >= 15 is 0 Å². The van der Waals surface area contributed by atoms with Crippen molar-refractivity contribution < 1.29 is 0 Å². The van der Waals surface area contributed by atoms with Crippen LogP contribution in [0.5, 0.6) is 0 Å². The summed E-state index contributed by atoms with van der Waals surface area (Å²) in [6.07, 6.45) is 0. The zero-order chi connectivity index (χ0) is 14.9. The van der Waals surface area contributed by atoms with E-state index in [4.69, 9.17) is 11.6 Å². The third-order valence-electron chi connectivity index (χ3n) is 3.70. The molecule has 0 heterocycles. The minimum atomic E-state index is -0.153. The third kappa shape index (κ3) is 3.13. The van der Waals surface area contributed by atoms with Gasteiger partial charge in [0.05, 0.1) is 5.38 Å². The van der Waals surface area contributed by atoms with E-state index in [9.17, 15) is 0 Å². The second kappa shape index (κ2) is 6.21. The fraction of sp³-hybridized carbons (Fsp3) is 0.294. The van der Waals surface area contributed by atoms with Crippen LogP contribution < -0.4 is 0 Å². The standard InChI is InChI=1S/C17H17Br2Cl/c1-11-9-15(19)13(10-14(11)18)16(20)17(2,3)12-7-5-4-6-8-12/h4-10,16H,1-3H3. The van der Waals surface area contributed by atoms with E-state index in [0.29, 0.717) is 0 Å². The predicted molar refractivity (Wildman–Crippen MR) is 94.6 cm³/mol. The van der Waals surface area contributed by atoms with Gasteiger partial charge in [-0.2, -0.15) is 0 Å². The summed E-state index contributed by atoms with van der Waals surface area (Å²) >= 11 is 14.0. The molecule has 0 aliphatic rings. The number of hydrogen-bond donors (Lipinski definition) is 0. The fourth-order valence-electron chi connectivity index (χ4n) is 2.26. The van der Waals surface area contributed by atoms with Gasteiger partial charge in [0, 0.05) is 14.4 Å². The highest BCUT2D eigenvalue weighted by molar-refractivity contribution is 9.11. The predicted octanol–water partition coefficient (Wildman–Crippen LogP) is 6.78. The highest BCUT2D eigenvalue weighted by Crippen LogP contribution is 2.45. The Morgan fingerprint density at radius 3 is 2.20 bits per heavy atom. The van der Waals surface area contributed by atoms with Gasteiger partial charge in [-0.1, -0.05) is 76.0 Å². The number of aryl methyl sites for hydroxylation is 1. The number of benzene rings is 2. The van der Waals surface area contributed by atoms with Crippen LogP contribution in [0.25, 0.3) is 0 Å². The molecule has 0 aliphatic carbocycles. The van der Waals surface area contributed by atoms with Crippen LogP contribution in [-0.4, -0.2) is 0 Å². The maximum atomic E-state index is 6.81. The van der Waals surface area contributed by atoms with Crippen LogP contribution >= 0.6 is 43.5 Å². The lowest BCUT2D eigenvalue weighted by molar-refractivity contribution is 0.503. The molecule has 0 spiro atoms. The van der Waals surface area contributed by atoms with E-state index in [1.54, 1.807) is 0 Å². The molecule has 0 N–H and O–H groups in total. The van der Waals surface area contributed by atoms with E-state index in [2.05, 4.69) is 89.0 Å². The SMILES string of the molecule is Cc1cc(Br)c(C(Cl)C(C)(C)c2ccccc2)cc1Br. The van der Waals surface area contributed by atoms with Gasteiger partial charge in [-0.3, -0.25) is 0 Å². The maximum absolute atomic E-state index is 6.81. The molecule has 20 heavy (non-hydrogen) atoms. The average Bonchev–Trinajstić information content (AvgIpc) is 2.43. The highest BCUT2D eigenvalue weighted by atomic mass is 79.9. The van der Waals surface area contributed by atoms with Crippen LogP contribution in [0, 0.1) is 6.92 Å². The van der Waals surface area contributed by atoms with Crippen LogP contribution in [0.1, 0.15) is 35.9 Å². The van der Waals surface area contributed by atoms with Crippen molar-refractivity contribution in [1.82, 2.24) is 0 Å². The number of rotatable bonds is 3. The van der Waals surface area contributed by atoms with Crippen LogP contribution in [0.2, 0.25) is 0 Å². The zero-order valence-corrected chi connectivity index (χ0v) is 15.7. The van der Waals surface area contributed by atoms with Gasteiger partial charge in [-0.05, 0) is 35.7 Å². The summed E-state index contributed by atoms with van der Waals surface area (Å²) < 4.78 is 2.15. The summed E-state index contributed by atoms with van der Waals surface area (Å²) in [7, 11) is 0. The molecule has 2 aromatic rings. The van der Waals surface area contributed by atoms with E-state index < -0.39 is 0 Å². The zero-order valence-electron chi connectivity index (χ0n) is 11.8. The molecular weight excluding hydrogens is 399 g/mol. The first-order valence-corrected chi connectivity index (χ1v) is 8.51. The molecule has 106 valence electrons. The van der Waals surface area contributed by atoms with Crippen molar-refractivity contribution in [2.24, 2.45) is 0 Å². The topological polar surface area (TPSA) is 0 Å². The monoisotopic (exact) mass is 414 g/mol. The van der Waals surface area contributed by atoms with Crippen molar-refractivity contribution in [1.29, 1.82) is 0 Å². The fourth-order valence-corrected chi connectivity index (χ4v) is 3.74. The van der Waals surface area contributed by atoms with E-state index in [0.717, 1.165) is 14.5 Å². The maximum Gasteiger partial charge on any atom is 0.0687 e. The molecule has 3 heteroatoms. The van der Waals surface area contributed by atoms with Crippen molar-refractivity contribution in [2.75, 3.05) is 0 Å². The average molecular weight is 417 g/mol. The lowest BCUT2D eigenvalue weighted by Crippen LogP contribution is -2.23. The normalized spacial score (nSPS) is 13.3. The first-order valence-electron chi connectivity index (χ1n) is 6.49. The molecule has 0 fully saturated rings. The van der Waals surface area contributed by atoms with Crippen molar-refractivity contribution in [3.8, 4) is 0 Å². The van der Waals surface area contributed by atoms with Gasteiger partial charge in [-0.15, -0.1) is 11.6 Å². The van der Waals surface area contributed by atoms with Crippen molar-refractivity contribution >= 4 is 43.5 Å². The van der Waals surface area contributed by atoms with Crippen LogP contribution in [0.4, 0.5) is 0 Å². The van der Waals surface area contributed by atoms with Crippen molar-refractivity contribution in [2.45, 2.75) is 31.6 Å². The Kier molecular flexibility index (Phi) is 4.99. The van der Waals surface area contributed by atoms with E-state index in [1.165, 1.54) is 11.1 Å². The summed E-state index contributed by atoms with van der Waals surface area (Å²) in [6.45, 7) is 6.44. The first-order chi connectivity index (χ1) is 9.34. The van der Waals surface area contributed by atoms with E-state index in [1.807, 2.05) is 6.07 Å². The summed E-state index contributed by atoms with van der Waals surface area (Å²) in [5.41, 5.74) is 3.39. The lowest BCUT2D eigenvalue weighted by atomic mass is 9.78. The van der Waals surface area contributed by atoms with Gasteiger partial charge < -0.3 is 0 Å². The minimum absolute atomic E-state index is 0.115. The van der Waals surface area contributed by atoms with Gasteiger partial charge in [0.15, 0.2) is 0 Å². The Bertz CT molecular complexity index is 606. The number of halogens is 3. The molecule has 0 saturated carbocycles. The molecule has 0 nitrogen and oxygen atoms in total. The first kappa shape index (κ1) is 16.1. The van der Waals surface area contributed by atoms with Crippen LogP contribution in [0.15, 0.2) is 51.4 Å². The summed E-state index contributed by atoms with van der Waals surface area (Å²) in [5.74, 6) is 0. The van der Waals surface area contributed by atoms with Gasteiger partial charge >= 0.3 is 0 Å². The Morgan fingerprint density at radius 1 is 1.00 bits per heavy atom. The van der Waals surface area contributed by atoms with Crippen molar-refractivity contribution in [3.05, 3.63) is 68.1 Å². The molecule has 2 rings (SSSR count). The summed E-state index contributed by atoms with van der Waals surface area (Å²) in [5, 5.41) is -0.115. The summed E-state index contributed by atoms with van der Waals surface area (Å²) in [6, 6.07) is 14.6. The Hall–Kier alpha value is -0.310. The molecule has 0 aromatic heterocycles. The Morgan fingerprint density at radius 2 is 1.60 bits per heavy atom. The molecule has 0 saturated heterocycles. The summed E-state index contributed by atoms with van der Waals surface area (Å²) in [4.78, 5) is 0. The molecule has 1 unspecified atom stereocenters. The molecule has 1 atom stereocenters. The Balaban J connectivity index is 2.45. The van der Waals surface area contributed by atoms with Gasteiger partial charge in [-0.25, -0.2) is 0 Å². The van der Waals surface area contributed by atoms with Gasteiger partial charge in [0.25, 0.3) is 0 Å². The number of hydrogen-bond acceptors (Lipinski definition) is 0. The molecule has 0 amide bonds. The molecule has 0 bridgehead atoms. The van der Waals surface area contributed by atoms with Gasteiger partial charge in [0.2, 0.25) is 0 Å². The number of alkyl halides is 1. The smallest absolute Gasteiger partial charge is 0.0687 e. The second-order valence-corrected chi connectivity index (χ2v) is 7.72. The molecular formula is C17H17Br2Cl. The molecule has 0 radical (unpaired) electrons. The minimum Gasteiger partial charge on any atom is -0.117 e. The molecule has 0 aliphatic heterocycles. The molecule has 2 aromatic carbocycles. The van der Waals surface area contributed by atoms with Crippen molar-refractivity contribution in [3.63, 3.8) is 0 Å². The third-order valence-corrected chi connectivity index (χ3v) is 6.02. The van der Waals surface area contributed by atoms with E-state index in [-0.39, 0.29) is 10.8 Å². The second-order valence-electron chi connectivity index (χ2n) is 5.57. The largest absolute Gasteiger partial charge is 0.117 e.